The fourth-order valence-electron chi connectivity index (χ4n) is 8.44. The lowest BCUT2D eigenvalue weighted by Gasteiger charge is -2.26. The summed E-state index contributed by atoms with van der Waals surface area (Å²) in [6.07, 6.45) is 0. The molecule has 11 aromatic rings. The highest BCUT2D eigenvalue weighted by Gasteiger charge is 2.18. The van der Waals surface area contributed by atoms with Gasteiger partial charge in [0, 0.05) is 49.9 Å². The van der Waals surface area contributed by atoms with Gasteiger partial charge in [-0.15, -0.1) is 0 Å². The second-order valence-electron chi connectivity index (χ2n) is 14.1. The van der Waals surface area contributed by atoms with Crippen molar-refractivity contribution in [2.45, 2.75) is 0 Å². The summed E-state index contributed by atoms with van der Waals surface area (Å²) >= 11 is 0. The van der Waals surface area contributed by atoms with Gasteiger partial charge in [-0.2, -0.15) is 0 Å². The Kier molecular flexibility index (Phi) is 7.17. The summed E-state index contributed by atoms with van der Waals surface area (Å²) in [6, 6.07) is 73.9. The Morgan fingerprint density at radius 3 is 1.87 bits per heavy atom. The van der Waals surface area contributed by atoms with Crippen molar-refractivity contribution in [3.63, 3.8) is 0 Å². The molecule has 3 nitrogen and oxygen atoms in total. The zero-order chi connectivity index (χ0) is 36.3. The van der Waals surface area contributed by atoms with Gasteiger partial charge in [-0.3, -0.25) is 0 Å². The number of fused-ring (bicyclic) bond motifs is 8. The number of anilines is 3. The van der Waals surface area contributed by atoms with Crippen LogP contribution in [0.1, 0.15) is 0 Å². The molecule has 2 aromatic heterocycles. The van der Waals surface area contributed by atoms with E-state index in [0.29, 0.717) is 0 Å². The Labute approximate surface area is 318 Å². The maximum absolute atomic E-state index is 6.41. The van der Waals surface area contributed by atoms with Crippen LogP contribution < -0.4 is 4.90 Å². The zero-order valence-electron chi connectivity index (χ0n) is 29.9. The fourth-order valence-corrected chi connectivity index (χ4v) is 8.44. The van der Waals surface area contributed by atoms with Crippen molar-refractivity contribution in [1.29, 1.82) is 0 Å². The largest absolute Gasteiger partial charge is 0.455 e. The molecule has 0 atom stereocenters. The monoisotopic (exact) mass is 702 g/mol. The Bertz CT molecular complexity index is 3190. The second kappa shape index (κ2) is 12.6. The van der Waals surface area contributed by atoms with Crippen LogP contribution >= 0.6 is 0 Å². The fraction of sp³-hybridized carbons (Fsp3) is 0. The van der Waals surface area contributed by atoms with Crippen molar-refractivity contribution in [3.8, 4) is 27.9 Å². The topological polar surface area (TPSA) is 21.3 Å². The van der Waals surface area contributed by atoms with Gasteiger partial charge in [-0.1, -0.05) is 140 Å². The summed E-state index contributed by atoms with van der Waals surface area (Å²) in [6.45, 7) is 0. The molecule has 0 saturated heterocycles. The van der Waals surface area contributed by atoms with E-state index in [1.807, 2.05) is 12.1 Å². The molecule has 0 amide bonds. The van der Waals surface area contributed by atoms with Gasteiger partial charge in [0.1, 0.15) is 11.2 Å². The van der Waals surface area contributed by atoms with Crippen LogP contribution in [0.3, 0.4) is 0 Å². The van der Waals surface area contributed by atoms with Crippen LogP contribution in [0.4, 0.5) is 17.1 Å². The minimum atomic E-state index is 0.906. The van der Waals surface area contributed by atoms with Crippen LogP contribution in [0, 0.1) is 0 Å². The van der Waals surface area contributed by atoms with Crippen molar-refractivity contribution in [1.82, 2.24) is 4.57 Å². The van der Waals surface area contributed by atoms with E-state index in [4.69, 9.17) is 4.42 Å². The Morgan fingerprint density at radius 1 is 0.382 bits per heavy atom. The van der Waals surface area contributed by atoms with Crippen molar-refractivity contribution in [2.75, 3.05) is 4.90 Å². The molecule has 55 heavy (non-hydrogen) atoms. The minimum Gasteiger partial charge on any atom is -0.455 e. The maximum atomic E-state index is 6.41. The number of hydrogen-bond donors (Lipinski definition) is 0. The lowest BCUT2D eigenvalue weighted by molar-refractivity contribution is 0.670. The molecule has 0 radical (unpaired) electrons. The van der Waals surface area contributed by atoms with Crippen LogP contribution in [0.15, 0.2) is 211 Å². The van der Waals surface area contributed by atoms with Crippen LogP contribution in [0.2, 0.25) is 0 Å². The average molecular weight is 703 g/mol. The molecule has 0 aliphatic heterocycles. The maximum Gasteiger partial charge on any atom is 0.143 e. The summed E-state index contributed by atoms with van der Waals surface area (Å²) < 4.78 is 8.81. The molecule has 3 heteroatoms. The minimum absolute atomic E-state index is 0.906. The molecule has 0 unspecified atom stereocenters. The van der Waals surface area contributed by atoms with Crippen molar-refractivity contribution < 1.29 is 4.42 Å². The Hall–Kier alpha value is -7.36. The standard InChI is InChI=1S/C52H34N2O/c1-2-12-35(13-3-1)38-15-10-16-42(34-38)53(39-27-24-37(25-28-39)44-20-11-21-46-45-18-7-9-23-50(45)55-52(44)46)40-29-31-41(32-30-40)54-48-22-8-6-19-47(48)51-43-17-5-4-14-36(43)26-33-49(51)54/h1-34H. The molecular formula is C52H34N2O. The van der Waals surface area contributed by atoms with Crippen LogP contribution in [0.25, 0.3) is 82.5 Å². The van der Waals surface area contributed by atoms with Gasteiger partial charge in [-0.05, 0) is 94.2 Å². The van der Waals surface area contributed by atoms with E-state index >= 15 is 0 Å². The quantitative estimate of drug-likeness (QED) is 0.172. The third-order valence-electron chi connectivity index (χ3n) is 11.0. The molecule has 0 bridgehead atoms. The number of para-hydroxylation sites is 3. The molecule has 9 aromatic carbocycles. The summed E-state index contributed by atoms with van der Waals surface area (Å²) in [5.41, 5.74) is 13.1. The third-order valence-corrected chi connectivity index (χ3v) is 11.0. The van der Waals surface area contributed by atoms with E-state index in [1.165, 1.54) is 43.7 Å². The van der Waals surface area contributed by atoms with E-state index in [9.17, 15) is 0 Å². The average Bonchev–Trinajstić information content (AvgIpc) is 3.81. The normalized spacial score (nSPS) is 11.6. The highest BCUT2D eigenvalue weighted by atomic mass is 16.3. The zero-order valence-corrected chi connectivity index (χ0v) is 29.9. The number of nitrogens with zero attached hydrogens (tertiary/aromatic N) is 2. The molecule has 0 fully saturated rings. The molecule has 2 heterocycles. The van der Waals surface area contributed by atoms with Crippen LogP contribution in [-0.2, 0) is 0 Å². The van der Waals surface area contributed by atoms with E-state index in [-0.39, 0.29) is 0 Å². The number of benzene rings is 9. The van der Waals surface area contributed by atoms with Crippen molar-refractivity contribution >= 4 is 71.6 Å². The summed E-state index contributed by atoms with van der Waals surface area (Å²) in [5, 5.41) is 7.34. The van der Waals surface area contributed by atoms with E-state index in [0.717, 1.165) is 55.8 Å². The predicted molar refractivity (Wildman–Crippen MR) is 231 cm³/mol. The molecule has 0 saturated carbocycles. The van der Waals surface area contributed by atoms with E-state index in [1.54, 1.807) is 0 Å². The van der Waals surface area contributed by atoms with Gasteiger partial charge >= 0.3 is 0 Å². The lowest BCUT2D eigenvalue weighted by atomic mass is 10.0. The Morgan fingerprint density at radius 2 is 1.04 bits per heavy atom. The van der Waals surface area contributed by atoms with Gasteiger partial charge < -0.3 is 13.9 Å². The second-order valence-corrected chi connectivity index (χ2v) is 14.1. The first kappa shape index (κ1) is 31.2. The molecule has 11 rings (SSSR count). The van der Waals surface area contributed by atoms with E-state index in [2.05, 4.69) is 204 Å². The number of hydrogen-bond acceptors (Lipinski definition) is 2. The van der Waals surface area contributed by atoms with Crippen LogP contribution in [0.5, 0.6) is 0 Å². The lowest BCUT2D eigenvalue weighted by Crippen LogP contribution is -2.10. The first-order valence-corrected chi connectivity index (χ1v) is 18.8. The summed E-state index contributed by atoms with van der Waals surface area (Å²) in [7, 11) is 0. The van der Waals surface area contributed by atoms with Gasteiger partial charge in [0.2, 0.25) is 0 Å². The van der Waals surface area contributed by atoms with Gasteiger partial charge in [-0.25, -0.2) is 0 Å². The van der Waals surface area contributed by atoms with Gasteiger partial charge in [0.15, 0.2) is 0 Å². The predicted octanol–water partition coefficient (Wildman–Crippen LogP) is 14.6. The molecule has 258 valence electrons. The molecule has 0 aliphatic carbocycles. The summed E-state index contributed by atoms with van der Waals surface area (Å²) in [5.74, 6) is 0. The molecular weight excluding hydrogens is 669 g/mol. The first-order valence-electron chi connectivity index (χ1n) is 18.8. The van der Waals surface area contributed by atoms with Crippen molar-refractivity contribution in [3.05, 3.63) is 206 Å². The number of aromatic nitrogens is 1. The molecule has 0 spiro atoms. The van der Waals surface area contributed by atoms with Crippen molar-refractivity contribution in [2.24, 2.45) is 0 Å². The SMILES string of the molecule is c1ccc(-c2cccc(N(c3ccc(-c4cccc5c4oc4ccccc45)cc3)c3ccc(-n4c5ccccc5c5c6ccccc6ccc54)cc3)c2)cc1. The summed E-state index contributed by atoms with van der Waals surface area (Å²) in [4.78, 5) is 2.35. The highest BCUT2D eigenvalue weighted by molar-refractivity contribution is 6.21. The number of rotatable bonds is 6. The molecule has 0 aliphatic rings. The third kappa shape index (κ3) is 5.13. The molecule has 0 N–H and O–H groups in total. The van der Waals surface area contributed by atoms with Gasteiger partial charge in [0.05, 0.1) is 11.0 Å². The van der Waals surface area contributed by atoms with Gasteiger partial charge in [0.25, 0.3) is 0 Å². The number of furan rings is 1. The highest BCUT2D eigenvalue weighted by Crippen LogP contribution is 2.41. The van der Waals surface area contributed by atoms with E-state index < -0.39 is 0 Å². The van der Waals surface area contributed by atoms with Crippen LogP contribution in [-0.4, -0.2) is 4.57 Å². The smallest absolute Gasteiger partial charge is 0.143 e. The first-order chi connectivity index (χ1) is 27.3. The Balaban J connectivity index is 1.04.